The molecule has 21 heavy (non-hydrogen) atoms. The van der Waals surface area contributed by atoms with Crippen molar-refractivity contribution < 1.29 is 14.3 Å². The van der Waals surface area contributed by atoms with Crippen molar-refractivity contribution in [2.24, 2.45) is 0 Å². The molecular weight excluding hydrogens is 276 g/mol. The van der Waals surface area contributed by atoms with E-state index in [1.54, 1.807) is 31.2 Å². The fraction of sp³-hybridized carbons (Fsp3) is 0.154. The smallest absolute Gasteiger partial charge is 0.357 e. The fourth-order valence-corrected chi connectivity index (χ4v) is 2.03. The molecule has 0 aliphatic rings. The van der Waals surface area contributed by atoms with E-state index < -0.39 is 11.5 Å². The number of benzene rings is 1. The summed E-state index contributed by atoms with van der Waals surface area (Å²) in [6.07, 6.45) is 0. The molecule has 2 aromatic heterocycles. The van der Waals surface area contributed by atoms with Gasteiger partial charge in [0.25, 0.3) is 5.56 Å². The van der Waals surface area contributed by atoms with E-state index in [2.05, 4.69) is 15.3 Å². The Hall–Kier alpha value is -3.03. The molecule has 8 heteroatoms. The van der Waals surface area contributed by atoms with Gasteiger partial charge in [-0.25, -0.2) is 9.48 Å². The van der Waals surface area contributed by atoms with Gasteiger partial charge in [0.2, 0.25) is 11.8 Å². The van der Waals surface area contributed by atoms with Crippen molar-refractivity contribution in [1.29, 1.82) is 0 Å². The van der Waals surface area contributed by atoms with E-state index in [1.165, 1.54) is 0 Å². The summed E-state index contributed by atoms with van der Waals surface area (Å²) in [5.74, 6) is -0.660. The summed E-state index contributed by atoms with van der Waals surface area (Å²) < 4.78 is 6.20. The lowest BCUT2D eigenvalue weighted by molar-refractivity contribution is 0.0690. The second kappa shape index (κ2) is 4.82. The molecule has 0 saturated carbocycles. The summed E-state index contributed by atoms with van der Waals surface area (Å²) in [5, 5.41) is 21.1. The number of aromatic carboxylic acids is 1. The summed E-state index contributed by atoms with van der Waals surface area (Å²) in [7, 11) is 0. The quantitative estimate of drug-likeness (QED) is 0.759. The van der Waals surface area contributed by atoms with Gasteiger partial charge in [-0.3, -0.25) is 4.79 Å². The molecule has 0 aliphatic carbocycles. The van der Waals surface area contributed by atoms with E-state index >= 15 is 0 Å². The SMILES string of the molecule is Cc1nnc(Cn2nc(C(=O)O)c3ccccc3c2=O)o1. The molecule has 3 rings (SSSR count). The highest BCUT2D eigenvalue weighted by Crippen LogP contribution is 2.13. The highest BCUT2D eigenvalue weighted by atomic mass is 16.4. The van der Waals surface area contributed by atoms with Crippen molar-refractivity contribution in [3.8, 4) is 0 Å². The van der Waals surface area contributed by atoms with Crippen LogP contribution < -0.4 is 5.56 Å². The van der Waals surface area contributed by atoms with Crippen molar-refractivity contribution in [3.63, 3.8) is 0 Å². The Balaban J connectivity index is 2.21. The molecule has 0 fully saturated rings. The van der Waals surface area contributed by atoms with Gasteiger partial charge >= 0.3 is 5.97 Å². The Bertz CT molecular complexity index is 897. The number of rotatable bonds is 3. The molecule has 0 unspecified atom stereocenters. The largest absolute Gasteiger partial charge is 0.476 e. The molecule has 2 heterocycles. The van der Waals surface area contributed by atoms with Gasteiger partial charge in [-0.15, -0.1) is 10.2 Å². The van der Waals surface area contributed by atoms with Crippen LogP contribution in [0.25, 0.3) is 10.8 Å². The minimum absolute atomic E-state index is 0.0786. The summed E-state index contributed by atoms with van der Waals surface area (Å²) in [5.41, 5.74) is -0.604. The molecule has 106 valence electrons. The van der Waals surface area contributed by atoms with Crippen LogP contribution >= 0.6 is 0 Å². The van der Waals surface area contributed by atoms with Crippen molar-refractivity contribution >= 4 is 16.7 Å². The number of carboxylic acids is 1. The molecular formula is C13H10N4O4. The summed E-state index contributed by atoms with van der Waals surface area (Å²) in [4.78, 5) is 23.6. The van der Waals surface area contributed by atoms with Gasteiger partial charge in [0.1, 0.15) is 6.54 Å². The van der Waals surface area contributed by atoms with E-state index in [9.17, 15) is 14.7 Å². The van der Waals surface area contributed by atoms with Gasteiger partial charge in [-0.2, -0.15) is 5.10 Å². The second-order valence-corrected chi connectivity index (χ2v) is 4.38. The maximum Gasteiger partial charge on any atom is 0.357 e. The molecule has 0 aliphatic heterocycles. The molecule has 3 aromatic rings. The number of aryl methyl sites for hydroxylation is 1. The van der Waals surface area contributed by atoms with Gasteiger partial charge in [-0.1, -0.05) is 18.2 Å². The van der Waals surface area contributed by atoms with Crippen LogP contribution in [0.1, 0.15) is 22.3 Å². The first-order chi connectivity index (χ1) is 10.1. The number of carbonyl (C=O) groups is 1. The number of fused-ring (bicyclic) bond motifs is 1. The first kappa shape index (κ1) is 13.0. The van der Waals surface area contributed by atoms with Crippen molar-refractivity contribution in [1.82, 2.24) is 20.0 Å². The molecule has 0 spiro atoms. The number of hydrogen-bond acceptors (Lipinski definition) is 6. The third-order valence-corrected chi connectivity index (χ3v) is 2.92. The predicted octanol–water partition coefficient (Wildman–Crippen LogP) is 0.834. The van der Waals surface area contributed by atoms with Crippen molar-refractivity contribution in [2.45, 2.75) is 13.5 Å². The second-order valence-electron chi connectivity index (χ2n) is 4.38. The molecule has 1 aromatic carbocycles. The Kier molecular flexibility index (Phi) is 2.98. The Morgan fingerprint density at radius 1 is 1.29 bits per heavy atom. The first-order valence-electron chi connectivity index (χ1n) is 6.08. The minimum Gasteiger partial charge on any atom is -0.476 e. The average molecular weight is 286 g/mol. The molecule has 1 N–H and O–H groups in total. The van der Waals surface area contributed by atoms with Crippen LogP contribution in [0.3, 0.4) is 0 Å². The van der Waals surface area contributed by atoms with E-state index in [0.717, 1.165) is 4.68 Å². The summed E-state index contributed by atoms with van der Waals surface area (Å²) >= 11 is 0. The molecule has 0 bridgehead atoms. The number of hydrogen-bond donors (Lipinski definition) is 1. The van der Waals surface area contributed by atoms with Crippen LogP contribution in [0.15, 0.2) is 33.5 Å². The van der Waals surface area contributed by atoms with Crippen LogP contribution in [0.5, 0.6) is 0 Å². The zero-order valence-electron chi connectivity index (χ0n) is 11.0. The van der Waals surface area contributed by atoms with Gasteiger partial charge in [0, 0.05) is 12.3 Å². The molecule has 0 amide bonds. The van der Waals surface area contributed by atoms with E-state index in [1.807, 2.05) is 0 Å². The van der Waals surface area contributed by atoms with Crippen LogP contribution in [-0.2, 0) is 6.54 Å². The summed E-state index contributed by atoms with van der Waals surface area (Å²) in [6, 6.07) is 6.42. The topological polar surface area (TPSA) is 111 Å². The monoisotopic (exact) mass is 286 g/mol. The van der Waals surface area contributed by atoms with Gasteiger partial charge in [0.05, 0.1) is 5.39 Å². The molecule has 0 radical (unpaired) electrons. The van der Waals surface area contributed by atoms with Crippen LogP contribution in [0.4, 0.5) is 0 Å². The van der Waals surface area contributed by atoms with E-state index in [-0.39, 0.29) is 23.5 Å². The summed E-state index contributed by atoms with van der Waals surface area (Å²) in [6.45, 7) is 1.54. The van der Waals surface area contributed by atoms with Gasteiger partial charge < -0.3 is 9.52 Å². The molecule has 0 saturated heterocycles. The number of carboxylic acid groups (broad SMARTS) is 1. The maximum absolute atomic E-state index is 12.3. The van der Waals surface area contributed by atoms with Crippen LogP contribution in [0, 0.1) is 6.92 Å². The maximum atomic E-state index is 12.3. The number of nitrogens with zero attached hydrogens (tertiary/aromatic N) is 4. The average Bonchev–Trinajstić information content (AvgIpc) is 2.87. The standard InChI is InChI=1S/C13H10N4O4/c1-7-14-15-10(21-7)6-17-12(18)9-5-3-2-4-8(9)11(16-17)13(19)20/h2-5H,6H2,1H3,(H,19,20). The number of aromatic nitrogens is 4. The third kappa shape index (κ3) is 2.27. The van der Waals surface area contributed by atoms with Crippen molar-refractivity contribution in [3.05, 3.63) is 52.1 Å². The van der Waals surface area contributed by atoms with Gasteiger partial charge in [0.15, 0.2) is 5.69 Å². The molecule has 8 nitrogen and oxygen atoms in total. The lowest BCUT2D eigenvalue weighted by Gasteiger charge is -2.06. The Labute approximate surface area is 117 Å². The van der Waals surface area contributed by atoms with Crippen LogP contribution in [0.2, 0.25) is 0 Å². The molecule has 0 atom stereocenters. The lowest BCUT2D eigenvalue weighted by Crippen LogP contribution is -2.26. The fourth-order valence-electron chi connectivity index (χ4n) is 2.03. The minimum atomic E-state index is -1.21. The highest BCUT2D eigenvalue weighted by Gasteiger charge is 2.16. The first-order valence-corrected chi connectivity index (χ1v) is 6.08. The third-order valence-electron chi connectivity index (χ3n) is 2.92. The normalized spacial score (nSPS) is 10.9. The van der Waals surface area contributed by atoms with Crippen molar-refractivity contribution in [2.75, 3.05) is 0 Å². The Morgan fingerprint density at radius 2 is 2.00 bits per heavy atom. The zero-order valence-corrected chi connectivity index (χ0v) is 11.0. The predicted molar refractivity (Wildman–Crippen MR) is 71.1 cm³/mol. The lowest BCUT2D eigenvalue weighted by atomic mass is 10.1. The Morgan fingerprint density at radius 3 is 2.62 bits per heavy atom. The highest BCUT2D eigenvalue weighted by molar-refractivity contribution is 6.01. The van der Waals surface area contributed by atoms with Crippen LogP contribution in [-0.4, -0.2) is 31.1 Å². The van der Waals surface area contributed by atoms with E-state index in [4.69, 9.17) is 4.42 Å². The van der Waals surface area contributed by atoms with E-state index in [0.29, 0.717) is 11.3 Å². The zero-order chi connectivity index (χ0) is 15.0. The van der Waals surface area contributed by atoms with Gasteiger partial charge in [-0.05, 0) is 6.07 Å².